The molecule has 0 aromatic carbocycles. The Morgan fingerprint density at radius 3 is 1.37 bits per heavy atom. The van der Waals surface area contributed by atoms with Gasteiger partial charge in [0.2, 0.25) is 0 Å². The van der Waals surface area contributed by atoms with Crippen molar-refractivity contribution in [2.45, 2.75) is 193 Å². The van der Waals surface area contributed by atoms with E-state index in [1.165, 1.54) is 89.9 Å². The molecule has 0 aliphatic heterocycles. The highest BCUT2D eigenvalue weighted by Gasteiger charge is 2.27. The predicted octanol–water partition coefficient (Wildman–Crippen LogP) is 12.4. The zero-order valence-corrected chi connectivity index (χ0v) is 37.8. The number of unbranched alkanes of at least 4 members (excludes halogenated alkanes) is 16. The lowest BCUT2D eigenvalue weighted by molar-refractivity contribution is -0.161. The molecule has 0 saturated heterocycles. The Bertz CT molecular complexity index is 1210. The van der Waals surface area contributed by atoms with E-state index < -0.39 is 51.8 Å². The average molecular weight is 851 g/mol. The summed E-state index contributed by atoms with van der Waals surface area (Å²) in [5.74, 6) is -1.03. The van der Waals surface area contributed by atoms with Gasteiger partial charge in [0.05, 0.1) is 19.8 Å². The molecule has 3 N–H and O–H groups in total. The van der Waals surface area contributed by atoms with Crippen LogP contribution in [-0.2, 0) is 32.7 Å². The minimum atomic E-state index is -4.64. The van der Waals surface area contributed by atoms with Gasteiger partial charge in [0.1, 0.15) is 12.7 Å². The fraction of sp³-hybridized carbons (Fsp3) is 0.708. The van der Waals surface area contributed by atoms with Crippen molar-refractivity contribution in [1.29, 1.82) is 0 Å². The fourth-order valence-corrected chi connectivity index (χ4v) is 6.57. The van der Waals surface area contributed by atoms with Gasteiger partial charge in [-0.15, -0.1) is 0 Å². The molecule has 3 atom stereocenters. The Morgan fingerprint density at radius 2 is 0.898 bits per heavy atom. The lowest BCUT2D eigenvalue weighted by Gasteiger charge is -2.20. The Kier molecular flexibility index (Phi) is 41.6. The van der Waals surface area contributed by atoms with E-state index in [1.54, 1.807) is 0 Å². The van der Waals surface area contributed by atoms with Crippen molar-refractivity contribution in [2.75, 3.05) is 26.4 Å². The number of carbonyl (C=O) groups is 2. The number of phosphoric acid groups is 1. The normalized spacial score (nSPS) is 14.5. The highest BCUT2D eigenvalue weighted by atomic mass is 31.2. The zero-order valence-electron chi connectivity index (χ0n) is 36.9. The van der Waals surface area contributed by atoms with E-state index in [0.29, 0.717) is 19.3 Å². The van der Waals surface area contributed by atoms with Gasteiger partial charge in [0.15, 0.2) is 6.10 Å². The summed E-state index contributed by atoms with van der Waals surface area (Å²) in [4.78, 5) is 35.0. The molecule has 0 bridgehead atoms. The minimum Gasteiger partial charge on any atom is -0.462 e. The first-order chi connectivity index (χ1) is 28.7. The molecule has 0 radical (unpaired) electrons. The quantitative estimate of drug-likeness (QED) is 0.0234. The van der Waals surface area contributed by atoms with Gasteiger partial charge in [0, 0.05) is 12.8 Å². The molecule has 0 rings (SSSR count). The van der Waals surface area contributed by atoms with Crippen molar-refractivity contribution in [2.24, 2.45) is 0 Å². The molecule has 0 spiro atoms. The number of esters is 2. The molecule has 0 aliphatic carbocycles. The molecule has 340 valence electrons. The van der Waals surface area contributed by atoms with Crippen molar-refractivity contribution in [3.8, 4) is 0 Å². The largest absolute Gasteiger partial charge is 0.472 e. The number of allylic oxidation sites excluding steroid dienone is 12. The lowest BCUT2D eigenvalue weighted by atomic mass is 10.1. The summed E-state index contributed by atoms with van der Waals surface area (Å²) in [7, 11) is -4.64. The van der Waals surface area contributed by atoms with Crippen molar-refractivity contribution >= 4 is 19.8 Å². The maximum absolute atomic E-state index is 12.6. The Hall–Kier alpha value is -2.59. The van der Waals surface area contributed by atoms with Crippen LogP contribution in [0.15, 0.2) is 72.9 Å². The van der Waals surface area contributed by atoms with Gasteiger partial charge in [0.25, 0.3) is 0 Å². The standard InChI is InChI=1S/C48H83O10P/c1-3-5-7-9-11-13-15-17-19-20-21-22-23-24-26-27-29-31-33-35-37-39-47(51)55-43-46(44-57-59(53,54)56-42-45(50)41-49)58-48(52)40-38-36-34-32-30-28-25-18-16-14-12-10-8-6-4-2/h18-20,22-23,25-27,30-33,45-46,49-50H,3-17,21,24,28-29,34-44H2,1-2H3,(H,53,54)/b20-19+,23-22+,25-18+,27-26+,32-30+,33-31+/t45-,46+/m1/s1. The summed E-state index contributed by atoms with van der Waals surface area (Å²) in [5.41, 5.74) is 0. The van der Waals surface area contributed by atoms with E-state index in [1.807, 2.05) is 6.08 Å². The molecule has 0 saturated carbocycles. The molecular formula is C48H83O10P. The van der Waals surface area contributed by atoms with E-state index in [2.05, 4.69) is 85.2 Å². The fourth-order valence-electron chi connectivity index (χ4n) is 5.78. The Morgan fingerprint density at radius 1 is 0.508 bits per heavy atom. The predicted molar refractivity (Wildman–Crippen MR) is 242 cm³/mol. The van der Waals surface area contributed by atoms with Gasteiger partial charge in [-0.3, -0.25) is 18.6 Å². The second-order valence-electron chi connectivity index (χ2n) is 15.1. The number of carbonyl (C=O) groups excluding carboxylic acids is 2. The molecule has 59 heavy (non-hydrogen) atoms. The van der Waals surface area contributed by atoms with E-state index in [0.717, 1.165) is 44.9 Å². The van der Waals surface area contributed by atoms with E-state index in [9.17, 15) is 24.2 Å². The summed E-state index contributed by atoms with van der Waals surface area (Å²) in [5, 5.41) is 18.3. The van der Waals surface area contributed by atoms with Gasteiger partial charge in [-0.05, 0) is 83.5 Å². The van der Waals surface area contributed by atoms with Crippen LogP contribution in [0.3, 0.4) is 0 Å². The minimum absolute atomic E-state index is 0.127. The average Bonchev–Trinajstić information content (AvgIpc) is 3.22. The summed E-state index contributed by atoms with van der Waals surface area (Å²) in [6, 6.07) is 0. The monoisotopic (exact) mass is 851 g/mol. The van der Waals surface area contributed by atoms with Crippen LogP contribution in [0, 0.1) is 0 Å². The SMILES string of the molecule is CCCCCCCC/C=C/C/C=C/CCCCC(=O)O[C@@H](COC(=O)CCC/C=C/C/C=C/C/C=C/C/C=C/CCCCCCCCC)COP(=O)(O)OC[C@H](O)CO. The van der Waals surface area contributed by atoms with Crippen molar-refractivity contribution < 1.29 is 47.8 Å². The van der Waals surface area contributed by atoms with Gasteiger partial charge in [-0.25, -0.2) is 4.57 Å². The molecule has 11 heteroatoms. The Labute approximate surface area is 358 Å². The van der Waals surface area contributed by atoms with E-state index in [-0.39, 0.29) is 19.4 Å². The topological polar surface area (TPSA) is 149 Å². The number of hydrogen-bond donors (Lipinski definition) is 3. The van der Waals surface area contributed by atoms with Crippen LogP contribution < -0.4 is 0 Å². The number of phosphoric ester groups is 1. The summed E-state index contributed by atoms with van der Waals surface area (Å²) in [6.07, 6.45) is 50.3. The lowest BCUT2D eigenvalue weighted by Crippen LogP contribution is -2.29. The maximum Gasteiger partial charge on any atom is 0.472 e. The first kappa shape index (κ1) is 56.4. The summed E-state index contributed by atoms with van der Waals surface area (Å²) in [6.45, 7) is 2.26. The van der Waals surface area contributed by atoms with Crippen LogP contribution in [0.4, 0.5) is 0 Å². The first-order valence-corrected chi connectivity index (χ1v) is 24.4. The molecule has 1 unspecified atom stereocenters. The maximum atomic E-state index is 12.6. The highest BCUT2D eigenvalue weighted by molar-refractivity contribution is 7.47. The van der Waals surface area contributed by atoms with Crippen molar-refractivity contribution in [3.05, 3.63) is 72.9 Å². The summed E-state index contributed by atoms with van der Waals surface area (Å²) < 4.78 is 32.6. The van der Waals surface area contributed by atoms with Crippen LogP contribution in [0.25, 0.3) is 0 Å². The molecule has 10 nitrogen and oxygen atoms in total. The second-order valence-corrected chi connectivity index (χ2v) is 16.5. The second kappa shape index (κ2) is 43.5. The third-order valence-electron chi connectivity index (χ3n) is 9.33. The van der Waals surface area contributed by atoms with Crippen LogP contribution in [0.2, 0.25) is 0 Å². The zero-order chi connectivity index (χ0) is 43.3. The molecule has 0 heterocycles. The van der Waals surface area contributed by atoms with E-state index in [4.69, 9.17) is 19.1 Å². The van der Waals surface area contributed by atoms with Crippen LogP contribution in [-0.4, -0.2) is 65.7 Å². The molecule has 0 fully saturated rings. The van der Waals surface area contributed by atoms with Crippen molar-refractivity contribution in [1.82, 2.24) is 0 Å². The Balaban J connectivity index is 4.41. The molecule has 0 aliphatic rings. The molecule has 0 amide bonds. The van der Waals surface area contributed by atoms with Gasteiger partial charge >= 0.3 is 19.8 Å². The highest BCUT2D eigenvalue weighted by Crippen LogP contribution is 2.43. The third-order valence-corrected chi connectivity index (χ3v) is 10.3. The van der Waals surface area contributed by atoms with Gasteiger partial charge in [-0.1, -0.05) is 157 Å². The van der Waals surface area contributed by atoms with Crippen molar-refractivity contribution in [3.63, 3.8) is 0 Å². The molecular weight excluding hydrogens is 767 g/mol. The molecule has 0 aromatic rings. The van der Waals surface area contributed by atoms with E-state index >= 15 is 0 Å². The van der Waals surface area contributed by atoms with Crippen LogP contribution in [0.1, 0.15) is 181 Å². The number of ether oxygens (including phenoxy) is 2. The van der Waals surface area contributed by atoms with Crippen LogP contribution >= 0.6 is 7.82 Å². The molecule has 0 aromatic heterocycles. The van der Waals surface area contributed by atoms with Gasteiger partial charge in [-0.2, -0.15) is 0 Å². The number of aliphatic hydroxyl groups is 2. The third kappa shape index (κ3) is 43.3. The number of aliphatic hydroxyl groups excluding tert-OH is 2. The number of rotatable bonds is 42. The first-order valence-electron chi connectivity index (χ1n) is 22.9. The smallest absolute Gasteiger partial charge is 0.462 e. The number of hydrogen-bond acceptors (Lipinski definition) is 9. The van der Waals surface area contributed by atoms with Gasteiger partial charge < -0.3 is 24.6 Å². The summed E-state index contributed by atoms with van der Waals surface area (Å²) >= 11 is 0. The van der Waals surface area contributed by atoms with Crippen LogP contribution in [0.5, 0.6) is 0 Å².